The largest absolute Gasteiger partial charge is 0.416 e. The van der Waals surface area contributed by atoms with Crippen molar-refractivity contribution in [2.75, 3.05) is 26.2 Å². The van der Waals surface area contributed by atoms with Gasteiger partial charge in [-0.25, -0.2) is 0 Å². The molecule has 3 amide bonds. The molecule has 0 spiro atoms. The van der Waals surface area contributed by atoms with Crippen molar-refractivity contribution in [2.24, 2.45) is 0 Å². The van der Waals surface area contributed by atoms with E-state index in [2.05, 4.69) is 10.4 Å². The molecule has 1 aromatic heterocycles. The third-order valence-corrected chi connectivity index (χ3v) is 8.04. The van der Waals surface area contributed by atoms with Gasteiger partial charge in [0.25, 0.3) is 5.91 Å². The molecule has 39 heavy (non-hydrogen) atoms. The minimum Gasteiger partial charge on any atom is -0.356 e. The van der Waals surface area contributed by atoms with Crippen LogP contribution in [0.4, 0.5) is 13.2 Å². The minimum absolute atomic E-state index is 0.000150. The number of halogens is 3. The Morgan fingerprint density at radius 3 is 2.41 bits per heavy atom. The lowest BCUT2D eigenvalue weighted by atomic mass is 9.97. The van der Waals surface area contributed by atoms with Crippen LogP contribution in [0.15, 0.2) is 30.5 Å². The summed E-state index contributed by atoms with van der Waals surface area (Å²) in [5, 5.41) is 7.27. The first kappa shape index (κ1) is 27.2. The zero-order valence-electron chi connectivity index (χ0n) is 22.0. The van der Waals surface area contributed by atoms with Crippen molar-refractivity contribution in [3.05, 3.63) is 52.8 Å². The molecule has 3 fully saturated rings. The standard InChI is InChI=1S/C28H34F3N5O3/c1-18(37)32-13-10-25(38)34-15-11-20(12-16-34)36-26(19-8-9-19)22(17-33-36)27(39)35-14-4-7-24(35)21-5-2-3-6-23(21)28(29,30)31/h2-3,5-6,17,19-20,24H,4,7-16H2,1H3,(H,32,37). The number of benzene rings is 1. The molecular formula is C28H34F3N5O3. The van der Waals surface area contributed by atoms with E-state index in [1.165, 1.54) is 19.1 Å². The zero-order valence-corrected chi connectivity index (χ0v) is 22.0. The van der Waals surface area contributed by atoms with Gasteiger partial charge < -0.3 is 15.1 Å². The average molecular weight is 546 g/mol. The minimum atomic E-state index is -4.49. The molecular weight excluding hydrogens is 511 g/mol. The Labute approximate surface area is 225 Å². The van der Waals surface area contributed by atoms with Crippen molar-refractivity contribution in [2.45, 2.75) is 76.0 Å². The number of hydrogen-bond donors (Lipinski definition) is 1. The van der Waals surface area contributed by atoms with E-state index >= 15 is 0 Å². The Morgan fingerprint density at radius 1 is 1.03 bits per heavy atom. The highest BCUT2D eigenvalue weighted by Crippen LogP contribution is 2.45. The number of hydrogen-bond acceptors (Lipinski definition) is 4. The predicted octanol–water partition coefficient (Wildman–Crippen LogP) is 4.45. The first-order valence-corrected chi connectivity index (χ1v) is 13.7. The van der Waals surface area contributed by atoms with Crippen LogP contribution in [0.5, 0.6) is 0 Å². The van der Waals surface area contributed by atoms with E-state index in [1.54, 1.807) is 22.1 Å². The Morgan fingerprint density at radius 2 is 1.74 bits per heavy atom. The molecule has 8 nitrogen and oxygen atoms in total. The van der Waals surface area contributed by atoms with E-state index < -0.39 is 17.8 Å². The molecule has 1 N–H and O–H groups in total. The Bertz CT molecular complexity index is 1230. The number of nitrogens with zero attached hydrogens (tertiary/aromatic N) is 4. The van der Waals surface area contributed by atoms with E-state index in [9.17, 15) is 27.6 Å². The van der Waals surface area contributed by atoms with Gasteiger partial charge in [0.2, 0.25) is 11.8 Å². The van der Waals surface area contributed by atoms with Crippen molar-refractivity contribution >= 4 is 17.7 Å². The van der Waals surface area contributed by atoms with Gasteiger partial charge in [0.1, 0.15) is 0 Å². The molecule has 1 atom stereocenters. The number of carbonyl (C=O) groups excluding carboxylic acids is 3. The fourth-order valence-corrected chi connectivity index (χ4v) is 5.99. The number of aromatic nitrogens is 2. The second-order valence-corrected chi connectivity index (χ2v) is 10.7. The van der Waals surface area contributed by atoms with Gasteiger partial charge >= 0.3 is 6.18 Å². The summed E-state index contributed by atoms with van der Waals surface area (Å²) in [5.41, 5.74) is 0.825. The summed E-state index contributed by atoms with van der Waals surface area (Å²) < 4.78 is 43.2. The van der Waals surface area contributed by atoms with Crippen molar-refractivity contribution < 1.29 is 27.6 Å². The summed E-state index contributed by atoms with van der Waals surface area (Å²) >= 11 is 0. The maximum Gasteiger partial charge on any atom is 0.416 e. The second-order valence-electron chi connectivity index (χ2n) is 10.7. The van der Waals surface area contributed by atoms with Crippen LogP contribution >= 0.6 is 0 Å². The molecule has 5 rings (SSSR count). The topological polar surface area (TPSA) is 87.5 Å². The molecule has 210 valence electrons. The summed E-state index contributed by atoms with van der Waals surface area (Å²) in [6.07, 6.45) is 1.79. The van der Waals surface area contributed by atoms with Crippen LogP contribution in [-0.2, 0) is 15.8 Å². The summed E-state index contributed by atoms with van der Waals surface area (Å²) in [7, 11) is 0. The van der Waals surface area contributed by atoms with Gasteiger partial charge in [0, 0.05) is 45.4 Å². The van der Waals surface area contributed by atoms with Crippen LogP contribution in [0.2, 0.25) is 0 Å². The van der Waals surface area contributed by atoms with Gasteiger partial charge in [-0.05, 0) is 50.2 Å². The predicted molar refractivity (Wildman–Crippen MR) is 137 cm³/mol. The SMILES string of the molecule is CC(=O)NCCC(=O)N1CCC(n2ncc(C(=O)N3CCCC3c3ccccc3C(F)(F)F)c2C2CC2)CC1. The quantitative estimate of drug-likeness (QED) is 0.557. The first-order valence-electron chi connectivity index (χ1n) is 13.7. The Kier molecular flexibility index (Phi) is 7.68. The number of amides is 3. The summed E-state index contributed by atoms with van der Waals surface area (Å²) in [4.78, 5) is 40.8. The lowest BCUT2D eigenvalue weighted by molar-refractivity contribution is -0.138. The molecule has 0 bridgehead atoms. The summed E-state index contributed by atoms with van der Waals surface area (Å²) in [6, 6.07) is 4.95. The molecule has 1 unspecified atom stereocenters. The number of nitrogens with one attached hydrogen (secondary N) is 1. The van der Waals surface area contributed by atoms with E-state index in [4.69, 9.17) is 0 Å². The van der Waals surface area contributed by atoms with Gasteiger partial charge in [-0.15, -0.1) is 0 Å². The monoisotopic (exact) mass is 545 g/mol. The molecule has 2 aliphatic heterocycles. The highest BCUT2D eigenvalue weighted by molar-refractivity contribution is 5.96. The van der Waals surface area contributed by atoms with E-state index in [0.29, 0.717) is 57.4 Å². The molecule has 11 heteroatoms. The number of piperidine rings is 1. The third-order valence-electron chi connectivity index (χ3n) is 8.04. The Balaban J connectivity index is 1.32. The van der Waals surface area contributed by atoms with Gasteiger partial charge in [0.15, 0.2) is 0 Å². The summed E-state index contributed by atoms with van der Waals surface area (Å²) in [5.74, 6) is -0.205. The van der Waals surface area contributed by atoms with Crippen LogP contribution in [0, 0.1) is 0 Å². The van der Waals surface area contributed by atoms with E-state index in [-0.39, 0.29) is 41.7 Å². The highest BCUT2D eigenvalue weighted by atomic mass is 19.4. The number of alkyl halides is 3. The molecule has 1 saturated carbocycles. The van der Waals surface area contributed by atoms with Crippen LogP contribution in [0.25, 0.3) is 0 Å². The molecule has 2 saturated heterocycles. The molecule has 2 aromatic rings. The van der Waals surface area contributed by atoms with Crippen LogP contribution in [0.1, 0.15) is 97.0 Å². The number of likely N-dealkylation sites (tertiary alicyclic amines) is 2. The Hall–Kier alpha value is -3.37. The molecule has 3 heterocycles. The van der Waals surface area contributed by atoms with Crippen LogP contribution in [-0.4, -0.2) is 63.5 Å². The fourth-order valence-electron chi connectivity index (χ4n) is 5.99. The maximum atomic E-state index is 13.8. The fraction of sp³-hybridized carbons (Fsp3) is 0.571. The molecule has 1 aliphatic carbocycles. The second kappa shape index (κ2) is 11.0. The van der Waals surface area contributed by atoms with Gasteiger partial charge in [-0.3, -0.25) is 19.1 Å². The van der Waals surface area contributed by atoms with Gasteiger partial charge in [-0.1, -0.05) is 18.2 Å². The van der Waals surface area contributed by atoms with Crippen LogP contribution < -0.4 is 5.32 Å². The highest BCUT2D eigenvalue weighted by Gasteiger charge is 2.42. The average Bonchev–Trinajstić information content (AvgIpc) is 3.45. The van der Waals surface area contributed by atoms with Crippen molar-refractivity contribution in [1.82, 2.24) is 24.9 Å². The van der Waals surface area contributed by atoms with Crippen molar-refractivity contribution in [3.63, 3.8) is 0 Å². The van der Waals surface area contributed by atoms with Gasteiger partial charge in [-0.2, -0.15) is 18.3 Å². The smallest absolute Gasteiger partial charge is 0.356 e. The first-order chi connectivity index (χ1) is 18.6. The van der Waals surface area contributed by atoms with E-state index in [1.807, 2.05) is 4.68 Å². The lowest BCUT2D eigenvalue weighted by Crippen LogP contribution is -2.40. The third kappa shape index (κ3) is 5.81. The number of rotatable bonds is 7. The van der Waals surface area contributed by atoms with Crippen LogP contribution in [0.3, 0.4) is 0 Å². The normalized spacial score (nSPS) is 20.4. The molecule has 0 radical (unpaired) electrons. The maximum absolute atomic E-state index is 13.8. The molecule has 1 aromatic carbocycles. The van der Waals surface area contributed by atoms with Crippen molar-refractivity contribution in [1.29, 1.82) is 0 Å². The van der Waals surface area contributed by atoms with Crippen molar-refractivity contribution in [3.8, 4) is 0 Å². The molecule has 3 aliphatic rings. The van der Waals surface area contributed by atoms with Gasteiger partial charge in [0.05, 0.1) is 35.1 Å². The zero-order chi connectivity index (χ0) is 27.7. The number of carbonyl (C=O) groups is 3. The summed E-state index contributed by atoms with van der Waals surface area (Å²) in [6.45, 7) is 3.28. The lowest BCUT2D eigenvalue weighted by Gasteiger charge is -2.33. The van der Waals surface area contributed by atoms with E-state index in [0.717, 1.165) is 24.6 Å².